The predicted molar refractivity (Wildman–Crippen MR) is 351 cm³/mol. The van der Waals surface area contributed by atoms with E-state index in [4.69, 9.17) is 55.9 Å². The second kappa shape index (κ2) is 14.9. The Morgan fingerprint density at radius 3 is 0.967 bits per heavy atom. The summed E-state index contributed by atoms with van der Waals surface area (Å²) in [7, 11) is -5.56. The maximum atomic E-state index is 7.87. The van der Waals surface area contributed by atoms with Gasteiger partial charge in [-0.25, -0.2) is 0 Å². The predicted octanol–water partition coefficient (Wildman–Crippen LogP) is 9.13. The van der Waals surface area contributed by atoms with Crippen molar-refractivity contribution in [2.24, 2.45) is 0 Å². The van der Waals surface area contributed by atoms with Crippen molar-refractivity contribution in [2.45, 2.75) is 27.7 Å². The lowest BCUT2D eigenvalue weighted by atomic mass is 9.50. The van der Waals surface area contributed by atoms with Gasteiger partial charge in [0.25, 0.3) is 0 Å². The molecule has 0 fully saturated rings. The summed E-state index contributed by atoms with van der Waals surface area (Å²) in [4.78, 5) is 4.71. The van der Waals surface area contributed by atoms with Crippen molar-refractivity contribution in [3.8, 4) is 158 Å². The van der Waals surface area contributed by atoms with Gasteiger partial charge in [0.15, 0.2) is 0 Å². The number of benzene rings is 11. The van der Waals surface area contributed by atoms with Crippen LogP contribution in [0.5, 0.6) is 69.0 Å². The monoisotopic (exact) mass is 1170 g/mol. The van der Waals surface area contributed by atoms with Crippen LogP contribution in [-0.4, -0.2) is 49.7 Å². The third kappa shape index (κ3) is 4.92. The molecule has 0 spiro atoms. The normalized spacial score (nSPS) is 16.3. The molecule has 0 aliphatic carbocycles. The molecule has 0 unspecified atom stereocenters. The van der Waals surface area contributed by atoms with Gasteiger partial charge in [-0.3, -0.25) is 0 Å². The van der Waals surface area contributed by atoms with Crippen LogP contribution in [0, 0.1) is 27.7 Å². The van der Waals surface area contributed by atoms with Crippen molar-refractivity contribution < 1.29 is 55.9 Å². The first kappa shape index (κ1) is 46.2. The van der Waals surface area contributed by atoms with Crippen molar-refractivity contribution in [3.63, 3.8) is 0 Å². The summed E-state index contributed by atoms with van der Waals surface area (Å²) in [5.41, 5.74) is 29.0. The Labute approximate surface area is 520 Å². The minimum absolute atomic E-state index is 0.657. The fourth-order valence-corrected chi connectivity index (χ4v) is 18.3. The van der Waals surface area contributed by atoms with Crippen LogP contribution < -0.4 is 104 Å². The Hall–Kier alpha value is -10.9. The highest BCUT2D eigenvalue weighted by Gasteiger charge is 2.64. The quantitative estimate of drug-likeness (QED) is 0.153. The van der Waals surface area contributed by atoms with E-state index in [1.54, 1.807) is 0 Å². The fourth-order valence-electron chi connectivity index (χ4n) is 18.3. The third-order valence-corrected chi connectivity index (χ3v) is 21.8. The highest BCUT2D eigenvalue weighted by atomic mass is 16.6. The number of hydrogen-bond acceptors (Lipinski definition) is 14. The topological polar surface area (TPSA) is 117 Å². The maximum absolute atomic E-state index is 7.87. The SMILES string of the molecule is Cc1c2c3c4c5c1OB1c6c7c(c(C)c(c6-5)OB4Oc4ccc5c(c4-3)B(Oc3ccccc3-5)O2)OB2Oc3c(C)c4c5c6c3-c3c(cc(c-7c32)N1c1ccccc1)N(c1ccccc1)B6Oc1c(C)c2c3c(c1-5)B(Oc1ccc5c(c1-3)B(Oc1ccccc1-5)O2)O4. The van der Waals surface area contributed by atoms with Crippen molar-refractivity contribution in [3.05, 3.63) is 162 Å². The van der Waals surface area contributed by atoms with Crippen LogP contribution in [0.2, 0.25) is 0 Å². The zero-order valence-electron chi connectivity index (χ0n) is 48.6. The van der Waals surface area contributed by atoms with Gasteiger partial charge < -0.3 is 65.5 Å². The summed E-state index contributed by atoms with van der Waals surface area (Å²) in [5.74, 6) is 8.33. The van der Waals surface area contributed by atoms with Crippen LogP contribution in [0.4, 0.5) is 22.7 Å². The van der Waals surface area contributed by atoms with E-state index < -0.39 is 49.7 Å². The molecule has 0 atom stereocenters. The van der Waals surface area contributed by atoms with E-state index in [0.29, 0.717) is 57.5 Å². The summed E-state index contributed by atoms with van der Waals surface area (Å²) in [6, 6.07) is 48.1. The third-order valence-electron chi connectivity index (χ3n) is 21.8. The highest BCUT2D eigenvalue weighted by Crippen LogP contribution is 2.65. The van der Waals surface area contributed by atoms with Crippen molar-refractivity contribution in [1.82, 2.24) is 0 Å². The number of nitrogens with zero attached hydrogens (tertiary/aromatic N) is 2. The minimum atomic E-state index is -0.932. The molecule has 0 N–H and O–H groups in total. The Bertz CT molecular complexity index is 5260. The molecule has 14 aliphatic rings. The second-order valence-electron chi connectivity index (χ2n) is 25.8. The van der Waals surface area contributed by atoms with Gasteiger partial charge in [-0.15, -0.1) is 0 Å². The Morgan fingerprint density at radius 1 is 0.242 bits per heavy atom. The molecule has 14 heterocycles. The molecule has 0 radical (unpaired) electrons. The van der Waals surface area contributed by atoms with Gasteiger partial charge in [0.1, 0.15) is 69.0 Å². The molecule has 0 saturated carbocycles. The molecule has 91 heavy (non-hydrogen) atoms. The van der Waals surface area contributed by atoms with Gasteiger partial charge in [-0.05, 0) is 93.4 Å². The fraction of sp³-hybridized carbons (Fsp3) is 0.0571. The molecule has 14 nitrogen and oxygen atoms in total. The zero-order valence-corrected chi connectivity index (χ0v) is 48.6. The molecule has 0 saturated heterocycles. The molecule has 21 heteroatoms. The van der Waals surface area contributed by atoms with Crippen LogP contribution in [0.1, 0.15) is 22.3 Å². The molecular formula is C70H35B7N2O12. The zero-order chi connectivity index (χ0) is 58.8. The van der Waals surface area contributed by atoms with E-state index in [0.717, 1.165) is 184 Å². The Balaban J connectivity index is 0.779. The molecule has 418 valence electrons. The number of para-hydroxylation sites is 4. The van der Waals surface area contributed by atoms with Gasteiger partial charge in [-0.2, -0.15) is 0 Å². The lowest BCUT2D eigenvalue weighted by molar-refractivity contribution is 0.409. The van der Waals surface area contributed by atoms with Crippen LogP contribution in [0.25, 0.3) is 89.0 Å². The average Bonchev–Trinajstić information content (AvgIpc) is 0.659. The lowest BCUT2D eigenvalue weighted by Crippen LogP contribution is -2.64. The van der Waals surface area contributed by atoms with Gasteiger partial charge in [0.2, 0.25) is 0 Å². The number of hydrogen-bond donors (Lipinski definition) is 0. The van der Waals surface area contributed by atoms with Crippen LogP contribution in [0.15, 0.2) is 140 Å². The van der Waals surface area contributed by atoms with E-state index in [2.05, 4.69) is 140 Å². The Kier molecular flexibility index (Phi) is 7.55. The van der Waals surface area contributed by atoms with Gasteiger partial charge in [-0.1, -0.05) is 84.9 Å². The molecule has 14 aliphatic heterocycles. The van der Waals surface area contributed by atoms with E-state index in [1.165, 1.54) is 0 Å². The molecule has 11 aromatic carbocycles. The molecule has 0 aromatic heterocycles. The molecule has 0 amide bonds. The summed E-state index contributed by atoms with van der Waals surface area (Å²) in [5, 5.41) is 0. The van der Waals surface area contributed by atoms with Crippen molar-refractivity contribution in [1.29, 1.82) is 0 Å². The molecule has 0 bridgehead atoms. The minimum Gasteiger partial charge on any atom is -0.537 e. The number of rotatable bonds is 2. The smallest absolute Gasteiger partial charge is 0.537 e. The van der Waals surface area contributed by atoms with Crippen molar-refractivity contribution in [2.75, 3.05) is 9.62 Å². The summed E-state index contributed by atoms with van der Waals surface area (Å²) in [6.45, 7) is 8.42. The van der Waals surface area contributed by atoms with E-state index in [1.807, 2.05) is 36.4 Å². The largest absolute Gasteiger partial charge is 0.634 e. The first-order chi connectivity index (χ1) is 44.8. The van der Waals surface area contributed by atoms with E-state index >= 15 is 0 Å². The van der Waals surface area contributed by atoms with Gasteiger partial charge >= 0.3 is 49.7 Å². The second-order valence-corrected chi connectivity index (χ2v) is 25.8. The average molecular weight is 1170 g/mol. The summed E-state index contributed by atoms with van der Waals surface area (Å²) < 4.78 is 88.0. The van der Waals surface area contributed by atoms with Gasteiger partial charge in [0, 0.05) is 161 Å². The van der Waals surface area contributed by atoms with Crippen molar-refractivity contribution >= 4 is 111 Å². The first-order valence-electron chi connectivity index (χ1n) is 31.1. The van der Waals surface area contributed by atoms with Gasteiger partial charge in [0.05, 0.1) is 0 Å². The maximum Gasteiger partial charge on any atom is 0.634 e. The van der Waals surface area contributed by atoms with Crippen LogP contribution >= 0.6 is 0 Å². The van der Waals surface area contributed by atoms with E-state index in [-0.39, 0.29) is 0 Å². The summed E-state index contributed by atoms with van der Waals surface area (Å²) >= 11 is 0. The summed E-state index contributed by atoms with van der Waals surface area (Å²) in [6.07, 6.45) is 0. The van der Waals surface area contributed by atoms with Crippen LogP contribution in [-0.2, 0) is 0 Å². The standard InChI is InChI=1S/C70H35B7N2O12/c1-28-63-54-52-58-48-44-38(78(71(58)84-63)32-15-7-5-8-16-32)27-39-45-49-59-53-55-62-51-47-43(26-24-37-35-20-12-14-22-41(35)81-74(57(37)47)87-68(51)29(2)64(55)85-72(59)79(39)33-17-9-6-10-18-33)83-76(62)89-70(53)31(4)66(49)91-77(60(44)45)90-65(48)30(3)69(52)88-75-61(54)50-46-42(82-75)25-23-36-34-19-11-13-21-40(34)80-73(56(36)46)86-67(28)50/h5-27H,1-4H3. The molecule has 25 rings (SSSR count). The highest BCUT2D eigenvalue weighted by molar-refractivity contribution is 6.84. The lowest BCUT2D eigenvalue weighted by Gasteiger charge is -2.51. The number of fused-ring (bicyclic) bond motifs is 4. The molecule has 11 aromatic rings. The van der Waals surface area contributed by atoms with Crippen LogP contribution in [0.3, 0.4) is 0 Å². The van der Waals surface area contributed by atoms with E-state index in [9.17, 15) is 0 Å². The molecular weight excluding hydrogens is 1140 g/mol. The number of anilines is 4. The Morgan fingerprint density at radius 2 is 0.549 bits per heavy atom. The first-order valence-corrected chi connectivity index (χ1v) is 31.1.